The van der Waals surface area contributed by atoms with E-state index < -0.39 is 17.7 Å². The molecule has 5 nitrogen and oxygen atoms in total. The highest BCUT2D eigenvalue weighted by Gasteiger charge is 2.54. The highest BCUT2D eigenvalue weighted by Crippen LogP contribution is 2.36. The molecule has 2 N–H and O–H groups in total. The van der Waals surface area contributed by atoms with E-state index in [0.29, 0.717) is 24.9 Å². The second-order valence-electron chi connectivity index (χ2n) is 4.38. The SMILES string of the molecule is [B]C1OC2COC(=P)CO[C@H]2[C@@]1(O)CCCO. The maximum Gasteiger partial charge on any atom is 0.117 e. The second-order valence-corrected chi connectivity index (χ2v) is 4.94. The Morgan fingerprint density at radius 3 is 3.00 bits per heavy atom. The fourth-order valence-corrected chi connectivity index (χ4v) is 2.44. The summed E-state index contributed by atoms with van der Waals surface area (Å²) in [5.41, 5.74) is -0.700. The van der Waals surface area contributed by atoms with Crippen LogP contribution in [0.3, 0.4) is 0 Å². The number of hydrogen-bond donors (Lipinski definition) is 2. The number of rotatable bonds is 3. The van der Waals surface area contributed by atoms with Crippen LogP contribution in [0.5, 0.6) is 0 Å². The summed E-state index contributed by atoms with van der Waals surface area (Å²) in [5.74, 6) is 0. The minimum absolute atomic E-state index is 0.00160. The molecule has 0 spiro atoms. The van der Waals surface area contributed by atoms with Gasteiger partial charge in [0.2, 0.25) is 0 Å². The molecule has 17 heavy (non-hydrogen) atoms. The molecule has 2 radical (unpaired) electrons. The topological polar surface area (TPSA) is 68.2 Å². The molecule has 0 aromatic heterocycles. The van der Waals surface area contributed by atoms with E-state index in [-0.39, 0.29) is 19.3 Å². The van der Waals surface area contributed by atoms with Crippen molar-refractivity contribution in [3.05, 3.63) is 0 Å². The molecule has 2 aliphatic heterocycles. The third kappa shape index (κ3) is 2.57. The van der Waals surface area contributed by atoms with E-state index in [1.54, 1.807) is 0 Å². The van der Waals surface area contributed by atoms with Gasteiger partial charge in [-0.05, 0) is 12.8 Å². The van der Waals surface area contributed by atoms with Crippen molar-refractivity contribution >= 4 is 22.2 Å². The van der Waals surface area contributed by atoms with Gasteiger partial charge in [0.25, 0.3) is 0 Å². The maximum absolute atomic E-state index is 10.5. The highest BCUT2D eigenvalue weighted by atomic mass is 31.0. The largest absolute Gasteiger partial charge is 0.396 e. The van der Waals surface area contributed by atoms with Crippen LogP contribution in [0.2, 0.25) is 0 Å². The molecule has 2 heterocycles. The summed E-state index contributed by atoms with van der Waals surface area (Å²) in [7, 11) is 9.06. The molecule has 4 atom stereocenters. The first kappa shape index (κ1) is 13.5. The summed E-state index contributed by atoms with van der Waals surface area (Å²) in [5, 5.41) is 19.4. The first-order valence-electron chi connectivity index (χ1n) is 5.64. The molecule has 2 fully saturated rings. The van der Waals surface area contributed by atoms with Crippen molar-refractivity contribution in [2.24, 2.45) is 0 Å². The zero-order valence-corrected chi connectivity index (χ0v) is 10.5. The third-order valence-corrected chi connectivity index (χ3v) is 3.48. The van der Waals surface area contributed by atoms with Gasteiger partial charge in [0.15, 0.2) is 0 Å². The predicted molar refractivity (Wildman–Crippen MR) is 64.7 cm³/mol. The molecule has 94 valence electrons. The Bertz CT molecular complexity index is 302. The fraction of sp³-hybridized carbons (Fsp3) is 0.900. The summed E-state index contributed by atoms with van der Waals surface area (Å²) in [6.45, 7) is 0.534. The molecule has 0 aliphatic carbocycles. The summed E-state index contributed by atoms with van der Waals surface area (Å²) < 4.78 is 16.4. The van der Waals surface area contributed by atoms with Crippen molar-refractivity contribution in [2.45, 2.75) is 36.7 Å². The monoisotopic (exact) mass is 258 g/mol. The van der Waals surface area contributed by atoms with Crippen molar-refractivity contribution in [3.63, 3.8) is 0 Å². The van der Waals surface area contributed by atoms with E-state index >= 15 is 0 Å². The number of aliphatic hydroxyl groups is 2. The van der Waals surface area contributed by atoms with Crippen molar-refractivity contribution in [3.8, 4) is 0 Å². The van der Waals surface area contributed by atoms with Gasteiger partial charge in [-0.15, -0.1) is 0 Å². The van der Waals surface area contributed by atoms with Gasteiger partial charge >= 0.3 is 0 Å². The van der Waals surface area contributed by atoms with Gasteiger partial charge in [0.1, 0.15) is 25.7 Å². The van der Waals surface area contributed by atoms with Gasteiger partial charge in [-0.2, -0.15) is 0 Å². The van der Waals surface area contributed by atoms with Crippen LogP contribution in [-0.4, -0.2) is 67.2 Å². The van der Waals surface area contributed by atoms with E-state index in [1.165, 1.54) is 0 Å². The smallest absolute Gasteiger partial charge is 0.117 e. The van der Waals surface area contributed by atoms with E-state index in [9.17, 15) is 5.11 Å². The van der Waals surface area contributed by atoms with Crippen LogP contribution in [0.1, 0.15) is 12.8 Å². The summed E-state index contributed by atoms with van der Waals surface area (Å²) in [4.78, 5) is 0. The van der Waals surface area contributed by atoms with Gasteiger partial charge in [-0.25, -0.2) is 0 Å². The Kier molecular flexibility index (Phi) is 4.24. The van der Waals surface area contributed by atoms with Crippen LogP contribution in [0.15, 0.2) is 0 Å². The maximum atomic E-state index is 10.5. The van der Waals surface area contributed by atoms with Crippen molar-refractivity contribution < 1.29 is 24.4 Å². The van der Waals surface area contributed by atoms with Crippen LogP contribution >= 0.6 is 8.86 Å². The van der Waals surface area contributed by atoms with Gasteiger partial charge in [-0.1, -0.05) is 8.86 Å². The van der Waals surface area contributed by atoms with Crippen molar-refractivity contribution in [1.82, 2.24) is 0 Å². The van der Waals surface area contributed by atoms with E-state index in [0.717, 1.165) is 0 Å². The fourth-order valence-electron chi connectivity index (χ4n) is 2.28. The lowest BCUT2D eigenvalue weighted by Gasteiger charge is -2.32. The standard InChI is InChI=1S/C10H16BO5P/c11-9-10(13,2-1-3-12)8-6(16-9)4-14-7(17)5-15-8/h6,8-9,12-13,17H,1-5H2/t6?,8-,9?,10+/m1/s1. The van der Waals surface area contributed by atoms with Crippen LogP contribution in [0.25, 0.3) is 0 Å². The summed E-state index contributed by atoms with van der Waals surface area (Å²) in [6, 6.07) is -0.816. The number of ether oxygens (including phenoxy) is 3. The Hall–Kier alpha value is 0.0349. The average Bonchev–Trinajstić information content (AvgIpc) is 2.44. The highest BCUT2D eigenvalue weighted by molar-refractivity contribution is 7.20. The Morgan fingerprint density at radius 2 is 2.29 bits per heavy atom. The average molecular weight is 258 g/mol. The Labute approximate surface area is 104 Å². The molecule has 2 unspecified atom stereocenters. The molecule has 0 amide bonds. The van der Waals surface area contributed by atoms with Crippen LogP contribution in [0.4, 0.5) is 0 Å². The van der Waals surface area contributed by atoms with Crippen molar-refractivity contribution in [2.75, 3.05) is 19.8 Å². The van der Waals surface area contributed by atoms with Crippen LogP contribution in [-0.2, 0) is 14.2 Å². The van der Waals surface area contributed by atoms with Gasteiger partial charge in [0, 0.05) is 12.6 Å². The predicted octanol–water partition coefficient (Wildman–Crippen LogP) is -0.929. The summed E-state index contributed by atoms with van der Waals surface area (Å²) in [6.07, 6.45) is -0.130. The first-order valence-corrected chi connectivity index (χ1v) is 6.14. The lowest BCUT2D eigenvalue weighted by atomic mass is 9.77. The second kappa shape index (κ2) is 5.35. The molecule has 2 aliphatic rings. The number of aliphatic hydroxyl groups excluding tert-OH is 1. The molecule has 0 aromatic rings. The molecular weight excluding hydrogens is 242 g/mol. The molecule has 7 heteroatoms. The van der Waals surface area contributed by atoms with Gasteiger partial charge < -0.3 is 24.4 Å². The zero-order chi connectivity index (χ0) is 12.5. The minimum Gasteiger partial charge on any atom is -0.396 e. The molecular formula is C10H16BO5P. The van der Waals surface area contributed by atoms with E-state index in [4.69, 9.17) is 27.2 Å². The van der Waals surface area contributed by atoms with Gasteiger partial charge in [0.05, 0.1) is 18.7 Å². The van der Waals surface area contributed by atoms with E-state index in [1.807, 2.05) is 0 Å². The lowest BCUT2D eigenvalue weighted by molar-refractivity contribution is -0.0876. The van der Waals surface area contributed by atoms with Crippen molar-refractivity contribution in [1.29, 1.82) is 0 Å². The molecule has 0 saturated carbocycles. The van der Waals surface area contributed by atoms with E-state index in [2.05, 4.69) is 8.86 Å². The summed E-state index contributed by atoms with van der Waals surface area (Å²) >= 11 is 0. The molecule has 0 bridgehead atoms. The normalized spacial score (nSPS) is 42.2. The Morgan fingerprint density at radius 1 is 1.53 bits per heavy atom. The van der Waals surface area contributed by atoms with Crippen LogP contribution in [0, 0.1) is 0 Å². The first-order chi connectivity index (χ1) is 8.08. The molecule has 2 saturated heterocycles. The molecule has 2 rings (SSSR count). The lowest BCUT2D eigenvalue weighted by Crippen LogP contribution is -2.50. The quantitative estimate of drug-likeness (QED) is 0.505. The zero-order valence-electron chi connectivity index (χ0n) is 9.46. The van der Waals surface area contributed by atoms with Crippen LogP contribution < -0.4 is 0 Å². The van der Waals surface area contributed by atoms with Gasteiger partial charge in [-0.3, -0.25) is 0 Å². The third-order valence-electron chi connectivity index (χ3n) is 3.20. The number of fused-ring (bicyclic) bond motifs is 1. The number of hydrogen-bond acceptors (Lipinski definition) is 5. The minimum atomic E-state index is -1.27. The molecule has 0 aromatic carbocycles. The Balaban J connectivity index is 2.12.